The van der Waals surface area contributed by atoms with E-state index in [4.69, 9.17) is 14.6 Å². The number of nitrogens with one attached hydrogen (secondary N) is 1. The van der Waals surface area contributed by atoms with E-state index in [2.05, 4.69) is 27.7 Å². The molecule has 6 nitrogen and oxygen atoms in total. The average molecular weight is 394 g/mol. The number of nitrogens with zero attached hydrogens (tertiary/aromatic N) is 1. The fourth-order valence-corrected chi connectivity index (χ4v) is 3.84. The number of alkyl halides is 3. The summed E-state index contributed by atoms with van der Waals surface area (Å²) < 4.78 is 37.7. The molecule has 0 aliphatic carbocycles. The number of aliphatic carboxylic acids is 1. The van der Waals surface area contributed by atoms with Crippen LogP contribution < -0.4 is 5.32 Å². The Hall–Kier alpha value is -1.65. The standard InChI is InChI=1S/C14H20N2O2S.C2HF3O2/c1-15-14(17)12-7-10-4-5-16(9-13(10)18-12)8-11-3-2-6-19-11;3-2(4,5)1(6)7/h2-3,6,10,12-13H,4-5,7-9H2,1H3,(H,15,17);(H,6,7)/t10-,12+,13+;/m0./s1. The van der Waals surface area contributed by atoms with Gasteiger partial charge in [0.15, 0.2) is 0 Å². The first-order valence-electron chi connectivity index (χ1n) is 8.12. The van der Waals surface area contributed by atoms with Crippen molar-refractivity contribution >= 4 is 23.2 Å². The van der Waals surface area contributed by atoms with Gasteiger partial charge in [-0.1, -0.05) is 6.07 Å². The summed E-state index contributed by atoms with van der Waals surface area (Å²) in [4.78, 5) is 24.4. The van der Waals surface area contributed by atoms with Crippen molar-refractivity contribution in [2.24, 2.45) is 5.92 Å². The highest BCUT2D eigenvalue weighted by atomic mass is 32.1. The van der Waals surface area contributed by atoms with E-state index in [0.717, 1.165) is 32.5 Å². The molecule has 3 heterocycles. The van der Waals surface area contributed by atoms with Crippen LogP contribution in [0.15, 0.2) is 17.5 Å². The number of halogens is 3. The molecule has 26 heavy (non-hydrogen) atoms. The Kier molecular flexibility index (Phi) is 7.01. The van der Waals surface area contributed by atoms with Crippen LogP contribution in [-0.4, -0.2) is 60.4 Å². The molecular formula is C16H21F3N2O4S. The number of fused-ring (bicyclic) bond motifs is 1. The zero-order valence-corrected chi connectivity index (χ0v) is 15.0. The van der Waals surface area contributed by atoms with Gasteiger partial charge in [-0.3, -0.25) is 9.69 Å². The highest BCUT2D eigenvalue weighted by Crippen LogP contribution is 2.33. The number of carboxylic acids is 1. The zero-order valence-electron chi connectivity index (χ0n) is 14.2. The molecular weight excluding hydrogens is 373 g/mol. The van der Waals surface area contributed by atoms with Gasteiger partial charge in [0.05, 0.1) is 6.10 Å². The van der Waals surface area contributed by atoms with Gasteiger partial charge in [-0.05, 0) is 36.8 Å². The van der Waals surface area contributed by atoms with E-state index in [-0.39, 0.29) is 18.1 Å². The first-order valence-corrected chi connectivity index (χ1v) is 9.00. The van der Waals surface area contributed by atoms with Crippen molar-refractivity contribution < 1.29 is 32.6 Å². The quantitative estimate of drug-likeness (QED) is 0.821. The summed E-state index contributed by atoms with van der Waals surface area (Å²) in [5.41, 5.74) is 0. The second-order valence-corrected chi connectivity index (χ2v) is 7.21. The lowest BCUT2D eigenvalue weighted by molar-refractivity contribution is -0.192. The topological polar surface area (TPSA) is 78.9 Å². The van der Waals surface area contributed by atoms with Crippen LogP contribution in [0.4, 0.5) is 13.2 Å². The largest absolute Gasteiger partial charge is 0.490 e. The first-order chi connectivity index (χ1) is 12.2. The molecule has 2 N–H and O–H groups in total. The molecule has 0 radical (unpaired) electrons. The SMILES string of the molecule is CNC(=O)[C@H]1C[C@@H]2CCN(Cc3cccs3)C[C@H]2O1.O=C(O)C(F)(F)F. The molecule has 0 saturated carbocycles. The first kappa shape index (κ1) is 20.7. The number of hydrogen-bond donors (Lipinski definition) is 2. The van der Waals surface area contributed by atoms with E-state index >= 15 is 0 Å². The van der Waals surface area contributed by atoms with Crippen molar-refractivity contribution in [1.29, 1.82) is 0 Å². The van der Waals surface area contributed by atoms with Crippen molar-refractivity contribution in [3.8, 4) is 0 Å². The number of carbonyl (C=O) groups excluding carboxylic acids is 1. The Bertz CT molecular complexity index is 609. The smallest absolute Gasteiger partial charge is 0.475 e. The van der Waals surface area contributed by atoms with E-state index in [9.17, 15) is 18.0 Å². The summed E-state index contributed by atoms with van der Waals surface area (Å²) in [6, 6.07) is 4.28. The Morgan fingerprint density at radius 3 is 2.69 bits per heavy atom. The zero-order chi connectivity index (χ0) is 19.3. The maximum atomic E-state index is 11.6. The second-order valence-electron chi connectivity index (χ2n) is 6.18. The lowest BCUT2D eigenvalue weighted by Crippen LogP contribution is -2.41. The van der Waals surface area contributed by atoms with Crippen molar-refractivity contribution in [3.05, 3.63) is 22.4 Å². The summed E-state index contributed by atoms with van der Waals surface area (Å²) in [6.07, 6.45) is -3.06. The van der Waals surface area contributed by atoms with Gasteiger partial charge in [0.25, 0.3) is 0 Å². The number of hydrogen-bond acceptors (Lipinski definition) is 5. The Morgan fingerprint density at radius 2 is 2.15 bits per heavy atom. The Balaban J connectivity index is 0.000000298. The lowest BCUT2D eigenvalue weighted by Gasteiger charge is -2.33. The van der Waals surface area contributed by atoms with Crippen LogP contribution in [0.3, 0.4) is 0 Å². The molecule has 0 spiro atoms. The van der Waals surface area contributed by atoms with Crippen LogP contribution in [0.5, 0.6) is 0 Å². The van der Waals surface area contributed by atoms with Gasteiger partial charge in [-0.25, -0.2) is 4.79 Å². The summed E-state index contributed by atoms with van der Waals surface area (Å²) in [7, 11) is 1.68. The van der Waals surface area contributed by atoms with Gasteiger partial charge in [-0.2, -0.15) is 13.2 Å². The predicted octanol–water partition coefficient (Wildman–Crippen LogP) is 2.11. The highest BCUT2D eigenvalue weighted by molar-refractivity contribution is 7.09. The van der Waals surface area contributed by atoms with Crippen LogP contribution in [0.1, 0.15) is 17.7 Å². The minimum absolute atomic E-state index is 0.0270. The maximum absolute atomic E-state index is 11.6. The third kappa shape index (κ3) is 5.68. The molecule has 10 heteroatoms. The molecule has 0 unspecified atom stereocenters. The van der Waals surface area contributed by atoms with Gasteiger partial charge >= 0.3 is 12.1 Å². The number of rotatable bonds is 3. The van der Waals surface area contributed by atoms with Crippen molar-refractivity contribution in [2.75, 3.05) is 20.1 Å². The number of likely N-dealkylation sites (tertiary alicyclic amines) is 1. The van der Waals surface area contributed by atoms with Crippen molar-refractivity contribution in [3.63, 3.8) is 0 Å². The van der Waals surface area contributed by atoms with E-state index in [1.54, 1.807) is 18.4 Å². The number of amides is 1. The molecule has 2 saturated heterocycles. The van der Waals surface area contributed by atoms with Crippen LogP contribution in [0.25, 0.3) is 0 Å². The summed E-state index contributed by atoms with van der Waals surface area (Å²) >= 11 is 1.80. The van der Waals surface area contributed by atoms with Crippen LogP contribution in [0, 0.1) is 5.92 Å². The highest BCUT2D eigenvalue weighted by Gasteiger charge is 2.41. The molecule has 1 aromatic rings. The number of piperidine rings is 1. The summed E-state index contributed by atoms with van der Waals surface area (Å²) in [6.45, 7) is 3.08. The fraction of sp³-hybridized carbons (Fsp3) is 0.625. The van der Waals surface area contributed by atoms with Gasteiger partial charge < -0.3 is 15.2 Å². The number of carboxylic acid groups (broad SMARTS) is 1. The van der Waals surface area contributed by atoms with Crippen molar-refractivity contribution in [2.45, 2.75) is 37.8 Å². The van der Waals surface area contributed by atoms with Crippen LogP contribution in [-0.2, 0) is 20.9 Å². The third-order valence-electron chi connectivity index (χ3n) is 4.38. The van der Waals surface area contributed by atoms with Gasteiger partial charge in [0.1, 0.15) is 6.10 Å². The van der Waals surface area contributed by atoms with Gasteiger partial charge in [-0.15, -0.1) is 11.3 Å². The van der Waals surface area contributed by atoms with Crippen LogP contribution >= 0.6 is 11.3 Å². The molecule has 2 aliphatic heterocycles. The minimum atomic E-state index is -5.08. The normalized spacial score (nSPS) is 25.8. The molecule has 1 amide bonds. The molecule has 0 aromatic carbocycles. The molecule has 3 atom stereocenters. The molecule has 0 bridgehead atoms. The minimum Gasteiger partial charge on any atom is -0.475 e. The van der Waals surface area contributed by atoms with Crippen molar-refractivity contribution in [1.82, 2.24) is 10.2 Å². The molecule has 146 valence electrons. The Morgan fingerprint density at radius 1 is 1.46 bits per heavy atom. The average Bonchev–Trinajstić information content (AvgIpc) is 3.22. The number of carbonyl (C=O) groups is 2. The van der Waals surface area contributed by atoms with E-state index in [0.29, 0.717) is 5.92 Å². The molecule has 2 fully saturated rings. The number of likely N-dealkylation sites (N-methyl/N-ethyl adjacent to an activating group) is 1. The summed E-state index contributed by atoms with van der Waals surface area (Å²) in [5, 5.41) is 11.9. The van der Waals surface area contributed by atoms with Gasteiger partial charge in [0.2, 0.25) is 5.91 Å². The Labute approximate surface area is 152 Å². The third-order valence-corrected chi connectivity index (χ3v) is 5.24. The summed E-state index contributed by atoms with van der Waals surface area (Å²) in [5.74, 6) is -2.17. The van der Waals surface area contributed by atoms with Gasteiger partial charge in [0, 0.05) is 25.0 Å². The van der Waals surface area contributed by atoms with E-state index in [1.165, 1.54) is 4.88 Å². The van der Waals surface area contributed by atoms with Crippen LogP contribution in [0.2, 0.25) is 0 Å². The van der Waals surface area contributed by atoms with E-state index < -0.39 is 12.1 Å². The fourth-order valence-electron chi connectivity index (χ4n) is 3.09. The monoisotopic (exact) mass is 394 g/mol. The molecule has 2 aliphatic rings. The number of ether oxygens (including phenoxy) is 1. The molecule has 1 aromatic heterocycles. The van der Waals surface area contributed by atoms with E-state index in [1.807, 2.05) is 0 Å². The molecule has 3 rings (SSSR count). The number of thiophene rings is 1. The second kappa shape index (κ2) is 8.83. The maximum Gasteiger partial charge on any atom is 0.490 e. The lowest BCUT2D eigenvalue weighted by atomic mass is 9.91. The predicted molar refractivity (Wildman–Crippen MR) is 88.7 cm³/mol.